The number of benzene rings is 2. The predicted octanol–water partition coefficient (Wildman–Crippen LogP) is 6.07. The first-order valence-corrected chi connectivity index (χ1v) is 10.8. The predicted molar refractivity (Wildman–Crippen MR) is 122 cm³/mol. The molecule has 0 saturated carbocycles. The second-order valence-corrected chi connectivity index (χ2v) is 8.45. The third kappa shape index (κ3) is 3.54. The number of aromatic nitrogens is 2. The number of aryl methyl sites for hydroxylation is 2. The molecular formula is C24H22N4S. The number of fused-ring (bicyclic) bond motifs is 3. The third-order valence-corrected chi connectivity index (χ3v) is 6.69. The molecule has 0 saturated heterocycles. The van der Waals surface area contributed by atoms with Crippen molar-refractivity contribution in [2.24, 2.45) is 5.10 Å². The molecule has 0 atom stereocenters. The number of nitrogens with zero attached hydrogens (tertiary/aromatic N) is 3. The van der Waals surface area contributed by atoms with Gasteiger partial charge in [-0.05, 0) is 54.9 Å². The van der Waals surface area contributed by atoms with E-state index in [0.717, 1.165) is 40.2 Å². The minimum atomic E-state index is 0.814. The van der Waals surface area contributed by atoms with E-state index in [1.807, 2.05) is 13.0 Å². The van der Waals surface area contributed by atoms with E-state index in [1.54, 1.807) is 17.7 Å². The van der Waals surface area contributed by atoms with Gasteiger partial charge >= 0.3 is 0 Å². The highest BCUT2D eigenvalue weighted by molar-refractivity contribution is 7.19. The van der Waals surface area contributed by atoms with Crippen molar-refractivity contribution in [2.75, 3.05) is 5.43 Å². The molecule has 4 aromatic rings. The van der Waals surface area contributed by atoms with Crippen LogP contribution in [0.5, 0.6) is 0 Å². The minimum Gasteiger partial charge on any atom is -0.260 e. The summed E-state index contributed by atoms with van der Waals surface area (Å²) in [5.41, 5.74) is 9.08. The monoisotopic (exact) mass is 398 g/mol. The lowest BCUT2D eigenvalue weighted by Crippen LogP contribution is -2.03. The molecular weight excluding hydrogens is 376 g/mol. The van der Waals surface area contributed by atoms with Crippen molar-refractivity contribution in [1.29, 1.82) is 0 Å². The Labute approximate surface area is 174 Å². The fourth-order valence-corrected chi connectivity index (χ4v) is 5.14. The zero-order chi connectivity index (χ0) is 19.6. The van der Waals surface area contributed by atoms with Crippen molar-refractivity contribution >= 4 is 33.1 Å². The number of hydrogen-bond acceptors (Lipinski definition) is 5. The number of rotatable bonds is 4. The zero-order valence-corrected chi connectivity index (χ0v) is 17.2. The molecule has 0 spiro atoms. The van der Waals surface area contributed by atoms with Crippen LogP contribution in [-0.4, -0.2) is 15.7 Å². The molecule has 1 aliphatic rings. The van der Waals surface area contributed by atoms with Gasteiger partial charge in [0.1, 0.15) is 11.2 Å². The molecule has 2 aromatic heterocycles. The zero-order valence-electron chi connectivity index (χ0n) is 16.4. The lowest BCUT2D eigenvalue weighted by Gasteiger charge is -2.11. The van der Waals surface area contributed by atoms with Gasteiger partial charge in [-0.15, -0.1) is 11.3 Å². The van der Waals surface area contributed by atoms with E-state index in [-0.39, 0.29) is 0 Å². The number of anilines is 1. The molecule has 144 valence electrons. The molecule has 29 heavy (non-hydrogen) atoms. The first-order valence-electron chi connectivity index (χ1n) is 10.0. The summed E-state index contributed by atoms with van der Waals surface area (Å²) in [6, 6.07) is 18.9. The van der Waals surface area contributed by atoms with Crippen LogP contribution in [0.15, 0.2) is 66.0 Å². The van der Waals surface area contributed by atoms with Crippen LogP contribution >= 0.6 is 11.3 Å². The van der Waals surface area contributed by atoms with Crippen molar-refractivity contribution in [3.63, 3.8) is 0 Å². The maximum atomic E-state index is 4.63. The van der Waals surface area contributed by atoms with Crippen LogP contribution in [0.1, 0.15) is 35.8 Å². The smallest absolute Gasteiger partial charge is 0.158 e. The van der Waals surface area contributed by atoms with Gasteiger partial charge in [0, 0.05) is 4.88 Å². The van der Waals surface area contributed by atoms with Gasteiger partial charge in [0.2, 0.25) is 0 Å². The van der Waals surface area contributed by atoms with E-state index >= 15 is 0 Å². The van der Waals surface area contributed by atoms with Crippen LogP contribution in [0.2, 0.25) is 0 Å². The number of hydrazone groups is 1. The highest BCUT2D eigenvalue weighted by atomic mass is 32.1. The molecule has 2 heterocycles. The van der Waals surface area contributed by atoms with Crippen LogP contribution < -0.4 is 5.43 Å². The molecule has 5 rings (SSSR count). The Balaban J connectivity index is 1.41. The van der Waals surface area contributed by atoms with E-state index in [9.17, 15) is 0 Å². The van der Waals surface area contributed by atoms with Gasteiger partial charge in [-0.3, -0.25) is 5.43 Å². The minimum absolute atomic E-state index is 0.814. The second-order valence-electron chi connectivity index (χ2n) is 7.37. The summed E-state index contributed by atoms with van der Waals surface area (Å²) in [6.07, 6.45) is 6.41. The van der Waals surface area contributed by atoms with E-state index < -0.39 is 0 Å². The summed E-state index contributed by atoms with van der Waals surface area (Å²) in [7, 11) is 0. The molecule has 4 nitrogen and oxygen atoms in total. The van der Waals surface area contributed by atoms with Crippen LogP contribution in [0, 0.1) is 0 Å². The van der Waals surface area contributed by atoms with Gasteiger partial charge in [-0.1, -0.05) is 54.6 Å². The largest absolute Gasteiger partial charge is 0.260 e. The first-order chi connectivity index (χ1) is 14.3. The summed E-state index contributed by atoms with van der Waals surface area (Å²) in [4.78, 5) is 11.5. The maximum absolute atomic E-state index is 4.63. The Kier molecular flexibility index (Phi) is 4.82. The molecule has 0 unspecified atom stereocenters. The molecule has 0 aliphatic heterocycles. The molecule has 1 N–H and O–H groups in total. The standard InChI is InChI=1S/C24H22N4S/c1-16(17-11-13-19(14-12-17)18-7-3-2-4-8-18)27-28-23-22-20-9-5-6-10-21(20)29-24(22)26-15-25-23/h2-4,7-8,11-15H,5-6,9-10H2,1H3,(H,25,26,28)/b27-16-. The SMILES string of the molecule is C/C(=N/Nc1ncnc2sc3c(c12)CCCC3)c1ccc(-c2ccccc2)cc1. The Morgan fingerprint density at radius 1 is 0.931 bits per heavy atom. The summed E-state index contributed by atoms with van der Waals surface area (Å²) < 4.78 is 0. The van der Waals surface area contributed by atoms with Crippen molar-refractivity contribution in [3.05, 3.63) is 76.9 Å². The van der Waals surface area contributed by atoms with Gasteiger partial charge in [-0.2, -0.15) is 5.10 Å². The third-order valence-electron chi connectivity index (χ3n) is 5.49. The summed E-state index contributed by atoms with van der Waals surface area (Å²) >= 11 is 1.80. The molecule has 5 heteroatoms. The van der Waals surface area contributed by atoms with Crippen molar-refractivity contribution < 1.29 is 0 Å². The number of hydrogen-bond donors (Lipinski definition) is 1. The van der Waals surface area contributed by atoms with Gasteiger partial charge in [-0.25, -0.2) is 9.97 Å². The van der Waals surface area contributed by atoms with Crippen LogP contribution in [0.3, 0.4) is 0 Å². The summed E-state index contributed by atoms with van der Waals surface area (Å²) in [5.74, 6) is 0.814. The number of thiophene rings is 1. The summed E-state index contributed by atoms with van der Waals surface area (Å²) in [5, 5.41) is 5.78. The van der Waals surface area contributed by atoms with E-state index in [1.165, 1.54) is 34.4 Å². The highest BCUT2D eigenvalue weighted by Gasteiger charge is 2.19. The van der Waals surface area contributed by atoms with Gasteiger partial charge in [0.25, 0.3) is 0 Å². The Hall–Kier alpha value is -3.05. The highest BCUT2D eigenvalue weighted by Crippen LogP contribution is 2.38. The molecule has 0 fully saturated rings. The van der Waals surface area contributed by atoms with Crippen LogP contribution in [-0.2, 0) is 12.8 Å². The van der Waals surface area contributed by atoms with Gasteiger partial charge < -0.3 is 0 Å². The molecule has 2 aromatic carbocycles. The Morgan fingerprint density at radius 3 is 2.52 bits per heavy atom. The molecule has 0 bridgehead atoms. The van der Waals surface area contributed by atoms with Crippen molar-refractivity contribution in [1.82, 2.24) is 9.97 Å². The number of nitrogens with one attached hydrogen (secondary N) is 1. The van der Waals surface area contributed by atoms with Crippen molar-refractivity contribution in [3.8, 4) is 11.1 Å². The maximum Gasteiger partial charge on any atom is 0.158 e. The second kappa shape index (κ2) is 7.76. The molecule has 0 radical (unpaired) electrons. The van der Waals surface area contributed by atoms with E-state index in [4.69, 9.17) is 0 Å². The lowest BCUT2D eigenvalue weighted by atomic mass is 9.97. The average molecular weight is 399 g/mol. The Bertz CT molecular complexity index is 1180. The lowest BCUT2D eigenvalue weighted by molar-refractivity contribution is 0.700. The quantitative estimate of drug-likeness (QED) is 0.335. The van der Waals surface area contributed by atoms with Crippen molar-refractivity contribution in [2.45, 2.75) is 32.6 Å². The average Bonchev–Trinajstić information content (AvgIpc) is 3.17. The van der Waals surface area contributed by atoms with Crippen LogP contribution in [0.25, 0.3) is 21.3 Å². The fourth-order valence-electron chi connectivity index (χ4n) is 3.91. The van der Waals surface area contributed by atoms with Gasteiger partial charge in [0.15, 0.2) is 5.82 Å². The van der Waals surface area contributed by atoms with E-state index in [2.05, 4.69) is 69.0 Å². The van der Waals surface area contributed by atoms with Crippen LogP contribution in [0.4, 0.5) is 5.82 Å². The normalized spacial score (nSPS) is 14.0. The van der Waals surface area contributed by atoms with E-state index in [0.29, 0.717) is 0 Å². The topological polar surface area (TPSA) is 50.2 Å². The first kappa shape index (κ1) is 18.0. The van der Waals surface area contributed by atoms with Gasteiger partial charge in [0.05, 0.1) is 11.1 Å². The Morgan fingerprint density at radius 2 is 1.69 bits per heavy atom. The summed E-state index contributed by atoms with van der Waals surface area (Å²) in [6.45, 7) is 2.02. The fraction of sp³-hybridized carbons (Fsp3) is 0.208. The molecule has 0 amide bonds. The molecule has 1 aliphatic carbocycles.